The molecule has 30 heavy (non-hydrogen) atoms. The average Bonchev–Trinajstić information content (AvgIpc) is 2.74. The van der Waals surface area contributed by atoms with Crippen molar-refractivity contribution in [2.24, 2.45) is 0 Å². The number of benzene rings is 3. The molecule has 0 unspecified atom stereocenters. The molecule has 1 amide bonds. The van der Waals surface area contributed by atoms with E-state index in [4.69, 9.17) is 16.3 Å². The molecular weight excluding hydrogens is 424 g/mol. The molecule has 0 atom stereocenters. The minimum absolute atomic E-state index is 0.0737. The van der Waals surface area contributed by atoms with Gasteiger partial charge >= 0.3 is 0 Å². The molecule has 6 nitrogen and oxygen atoms in total. The zero-order chi connectivity index (χ0) is 21.7. The van der Waals surface area contributed by atoms with E-state index < -0.39 is 22.5 Å². The number of hydrogen-bond donors (Lipinski definition) is 1. The van der Waals surface area contributed by atoms with Crippen molar-refractivity contribution in [3.05, 3.63) is 83.4 Å². The monoisotopic (exact) mass is 444 g/mol. The Morgan fingerprint density at radius 1 is 1.00 bits per heavy atom. The summed E-state index contributed by atoms with van der Waals surface area (Å²) in [6.07, 6.45) is 0. The molecule has 3 rings (SSSR count). The number of hydrogen-bond acceptors (Lipinski definition) is 4. The number of nitrogens with one attached hydrogen (secondary N) is 1. The summed E-state index contributed by atoms with van der Waals surface area (Å²) in [4.78, 5) is 12.8. The number of nitrogens with zero attached hydrogens (tertiary/aromatic N) is 1. The first-order chi connectivity index (χ1) is 14.3. The highest BCUT2D eigenvalue weighted by molar-refractivity contribution is 7.92. The summed E-state index contributed by atoms with van der Waals surface area (Å²) in [7, 11) is -2.60. The molecule has 0 aliphatic carbocycles. The molecule has 0 spiro atoms. The maximum absolute atomic E-state index is 13.4. The van der Waals surface area contributed by atoms with Gasteiger partial charge in [-0.3, -0.25) is 9.10 Å². The fourth-order valence-electron chi connectivity index (χ4n) is 2.86. The molecule has 1 N–H and O–H groups in total. The zero-order valence-corrected chi connectivity index (χ0v) is 18.1. The van der Waals surface area contributed by atoms with Crippen LogP contribution in [0, 0.1) is 6.92 Å². The van der Waals surface area contributed by atoms with Crippen molar-refractivity contribution in [1.82, 2.24) is 0 Å². The van der Waals surface area contributed by atoms with Gasteiger partial charge in [-0.05, 0) is 43.3 Å². The molecular formula is C22H21ClN2O4S. The molecule has 0 aromatic heterocycles. The Morgan fingerprint density at radius 3 is 2.30 bits per heavy atom. The molecule has 0 saturated heterocycles. The van der Waals surface area contributed by atoms with Crippen molar-refractivity contribution in [2.45, 2.75) is 11.8 Å². The Bertz CT molecular complexity index is 1150. The van der Waals surface area contributed by atoms with Crippen LogP contribution in [0.2, 0.25) is 5.02 Å². The van der Waals surface area contributed by atoms with E-state index in [1.165, 1.54) is 19.2 Å². The quantitative estimate of drug-likeness (QED) is 0.582. The second kappa shape index (κ2) is 9.19. The van der Waals surface area contributed by atoms with Crippen LogP contribution in [-0.2, 0) is 14.8 Å². The van der Waals surface area contributed by atoms with Crippen LogP contribution in [0.1, 0.15) is 5.56 Å². The first kappa shape index (κ1) is 21.7. The Kier molecular flexibility index (Phi) is 6.64. The molecule has 156 valence electrons. The van der Waals surface area contributed by atoms with Gasteiger partial charge in [-0.25, -0.2) is 8.42 Å². The predicted molar refractivity (Wildman–Crippen MR) is 119 cm³/mol. The lowest BCUT2D eigenvalue weighted by Crippen LogP contribution is -2.38. The maximum Gasteiger partial charge on any atom is 0.264 e. The van der Waals surface area contributed by atoms with Crippen LogP contribution in [-0.4, -0.2) is 28.0 Å². The Morgan fingerprint density at radius 2 is 1.63 bits per heavy atom. The highest BCUT2D eigenvalue weighted by atomic mass is 35.5. The van der Waals surface area contributed by atoms with E-state index in [0.717, 1.165) is 9.87 Å². The largest absolute Gasteiger partial charge is 0.495 e. The summed E-state index contributed by atoms with van der Waals surface area (Å²) in [5, 5.41) is 3.02. The van der Waals surface area contributed by atoms with Crippen LogP contribution in [0.25, 0.3) is 0 Å². The fourth-order valence-corrected chi connectivity index (χ4v) is 4.47. The van der Waals surface area contributed by atoms with Gasteiger partial charge < -0.3 is 10.1 Å². The summed E-state index contributed by atoms with van der Waals surface area (Å²) < 4.78 is 33.2. The van der Waals surface area contributed by atoms with E-state index in [-0.39, 0.29) is 10.6 Å². The number of carbonyl (C=O) groups is 1. The second-order valence-electron chi connectivity index (χ2n) is 6.52. The van der Waals surface area contributed by atoms with Crippen LogP contribution >= 0.6 is 11.6 Å². The zero-order valence-electron chi connectivity index (χ0n) is 16.5. The Balaban J connectivity index is 2.00. The van der Waals surface area contributed by atoms with Crippen molar-refractivity contribution in [1.29, 1.82) is 0 Å². The lowest BCUT2D eigenvalue weighted by Gasteiger charge is -2.25. The summed E-state index contributed by atoms with van der Waals surface area (Å²) in [6, 6.07) is 19.8. The third-order valence-electron chi connectivity index (χ3n) is 4.40. The summed E-state index contributed by atoms with van der Waals surface area (Å²) in [5.74, 6) is -0.205. The number of methoxy groups -OCH3 is 1. The summed E-state index contributed by atoms with van der Waals surface area (Å²) in [6.45, 7) is 1.41. The lowest BCUT2D eigenvalue weighted by atomic mass is 10.2. The number of aryl methyl sites for hydroxylation is 1. The van der Waals surface area contributed by atoms with Gasteiger partial charge in [0.25, 0.3) is 10.0 Å². The minimum Gasteiger partial charge on any atom is -0.495 e. The molecule has 0 aliphatic rings. The van der Waals surface area contributed by atoms with Crippen molar-refractivity contribution < 1.29 is 17.9 Å². The van der Waals surface area contributed by atoms with Gasteiger partial charge in [0.2, 0.25) is 5.91 Å². The molecule has 3 aromatic carbocycles. The smallest absolute Gasteiger partial charge is 0.264 e. The van der Waals surface area contributed by atoms with Gasteiger partial charge in [-0.1, -0.05) is 53.6 Å². The van der Waals surface area contributed by atoms with Crippen LogP contribution < -0.4 is 14.4 Å². The van der Waals surface area contributed by atoms with Gasteiger partial charge in [0.1, 0.15) is 12.3 Å². The molecule has 0 bridgehead atoms. The topological polar surface area (TPSA) is 75.7 Å². The Hall–Kier alpha value is -3.03. The Labute approximate surface area is 181 Å². The van der Waals surface area contributed by atoms with E-state index >= 15 is 0 Å². The van der Waals surface area contributed by atoms with Crippen molar-refractivity contribution in [3.8, 4) is 5.75 Å². The average molecular weight is 445 g/mol. The van der Waals surface area contributed by atoms with E-state index in [2.05, 4.69) is 5.32 Å². The van der Waals surface area contributed by atoms with Crippen LogP contribution in [0.3, 0.4) is 0 Å². The lowest BCUT2D eigenvalue weighted by molar-refractivity contribution is -0.114. The number of anilines is 2. The number of halogens is 1. The normalized spacial score (nSPS) is 11.0. The van der Waals surface area contributed by atoms with E-state index in [1.54, 1.807) is 60.7 Å². The SMILES string of the molecule is COc1ccccc1N(CC(=O)Nc1ccccc1Cl)S(=O)(=O)c1ccc(C)cc1. The highest BCUT2D eigenvalue weighted by Crippen LogP contribution is 2.32. The molecule has 3 aromatic rings. The molecule has 0 radical (unpaired) electrons. The second-order valence-corrected chi connectivity index (χ2v) is 8.79. The van der Waals surface area contributed by atoms with E-state index in [9.17, 15) is 13.2 Å². The van der Waals surface area contributed by atoms with Crippen LogP contribution in [0.4, 0.5) is 11.4 Å². The van der Waals surface area contributed by atoms with Gasteiger partial charge in [-0.15, -0.1) is 0 Å². The van der Waals surface area contributed by atoms with Gasteiger partial charge in [0.05, 0.1) is 28.4 Å². The molecule has 0 aliphatic heterocycles. The number of ether oxygens (including phenoxy) is 1. The fraction of sp³-hybridized carbons (Fsp3) is 0.136. The number of para-hydroxylation sites is 3. The van der Waals surface area contributed by atoms with Crippen molar-refractivity contribution >= 4 is 38.9 Å². The first-order valence-electron chi connectivity index (χ1n) is 9.09. The standard InChI is InChI=1S/C22H21ClN2O4S/c1-16-11-13-17(14-12-16)30(27,28)25(20-9-5-6-10-21(20)29-2)15-22(26)24-19-8-4-3-7-18(19)23/h3-14H,15H2,1-2H3,(H,24,26). The van der Waals surface area contributed by atoms with Crippen LogP contribution in [0.5, 0.6) is 5.75 Å². The summed E-state index contributed by atoms with van der Waals surface area (Å²) in [5.41, 5.74) is 1.58. The third-order valence-corrected chi connectivity index (χ3v) is 6.50. The molecule has 0 saturated carbocycles. The molecule has 0 heterocycles. The summed E-state index contributed by atoms with van der Waals surface area (Å²) >= 11 is 6.10. The molecule has 8 heteroatoms. The van der Waals surface area contributed by atoms with Gasteiger partial charge in [-0.2, -0.15) is 0 Å². The minimum atomic E-state index is -4.04. The van der Waals surface area contributed by atoms with E-state index in [1.807, 2.05) is 6.92 Å². The number of sulfonamides is 1. The number of carbonyl (C=O) groups excluding carboxylic acids is 1. The van der Waals surface area contributed by atoms with Gasteiger partial charge in [0.15, 0.2) is 0 Å². The van der Waals surface area contributed by atoms with Crippen LogP contribution in [0.15, 0.2) is 77.7 Å². The first-order valence-corrected chi connectivity index (χ1v) is 10.9. The van der Waals surface area contributed by atoms with Crippen molar-refractivity contribution in [3.63, 3.8) is 0 Å². The highest BCUT2D eigenvalue weighted by Gasteiger charge is 2.29. The van der Waals surface area contributed by atoms with E-state index in [0.29, 0.717) is 16.5 Å². The maximum atomic E-state index is 13.4. The van der Waals surface area contributed by atoms with Crippen molar-refractivity contribution in [2.75, 3.05) is 23.3 Å². The number of rotatable bonds is 7. The number of amides is 1. The molecule has 0 fully saturated rings. The third kappa shape index (κ3) is 4.75. The van der Waals surface area contributed by atoms with Gasteiger partial charge in [0, 0.05) is 0 Å². The predicted octanol–water partition coefficient (Wildman–Crippen LogP) is 4.49.